The van der Waals surface area contributed by atoms with Crippen molar-refractivity contribution in [2.45, 2.75) is 38.3 Å². The number of nitrogens with zero attached hydrogens (tertiary/aromatic N) is 1. The third-order valence-corrected chi connectivity index (χ3v) is 4.44. The van der Waals surface area contributed by atoms with Gasteiger partial charge in [-0.1, -0.05) is 18.3 Å². The van der Waals surface area contributed by atoms with E-state index in [0.717, 1.165) is 25.1 Å². The molecule has 0 amide bonds. The van der Waals surface area contributed by atoms with Gasteiger partial charge in [-0.25, -0.2) is 0 Å². The van der Waals surface area contributed by atoms with Gasteiger partial charge in [0.1, 0.15) is 6.61 Å². The average molecular weight is 279 g/mol. The van der Waals surface area contributed by atoms with E-state index in [4.69, 9.17) is 10.2 Å². The molecule has 1 aliphatic carbocycles. The highest BCUT2D eigenvalue weighted by molar-refractivity contribution is 7.10. The maximum Gasteiger partial charge on any atom is 0.104 e. The normalized spacial score (nSPS) is 15.1. The molecule has 1 saturated carbocycles. The summed E-state index contributed by atoms with van der Waals surface area (Å²) in [6.07, 6.45) is 4.75. The largest absolute Gasteiger partial charge is 0.396 e. The Bertz CT molecular complexity index is 442. The highest BCUT2D eigenvalue weighted by Gasteiger charge is 2.24. The minimum atomic E-state index is -0.0874. The van der Waals surface area contributed by atoms with E-state index in [-0.39, 0.29) is 13.2 Å². The van der Waals surface area contributed by atoms with Gasteiger partial charge in [0.25, 0.3) is 0 Å². The molecular weight excluding hydrogens is 258 g/mol. The first-order chi connectivity index (χ1) is 9.33. The Morgan fingerprint density at radius 1 is 1.37 bits per heavy atom. The van der Waals surface area contributed by atoms with Gasteiger partial charge in [0, 0.05) is 41.6 Å². The number of rotatable bonds is 6. The fourth-order valence-electron chi connectivity index (χ4n) is 2.29. The highest BCUT2D eigenvalue weighted by atomic mass is 32.1. The van der Waals surface area contributed by atoms with Gasteiger partial charge in [0.2, 0.25) is 0 Å². The molecule has 1 aromatic heterocycles. The molecule has 1 aromatic rings. The molecule has 1 aliphatic rings. The van der Waals surface area contributed by atoms with E-state index in [0.29, 0.717) is 6.04 Å². The monoisotopic (exact) mass is 279 g/mol. The summed E-state index contributed by atoms with van der Waals surface area (Å²) in [6, 6.07) is 2.80. The van der Waals surface area contributed by atoms with Gasteiger partial charge in [0.15, 0.2) is 0 Å². The SMILES string of the molecule is OCC#Cc1csc(CN(CCCO)C2CCC2)c1. The van der Waals surface area contributed by atoms with Crippen LogP contribution < -0.4 is 0 Å². The number of thiophene rings is 1. The zero-order valence-electron chi connectivity index (χ0n) is 11.1. The molecule has 0 spiro atoms. The predicted octanol–water partition coefficient (Wildman–Crippen LogP) is 1.83. The summed E-state index contributed by atoms with van der Waals surface area (Å²) in [5, 5.41) is 19.7. The predicted molar refractivity (Wildman–Crippen MR) is 78.0 cm³/mol. The summed E-state index contributed by atoms with van der Waals surface area (Å²) in [6.45, 7) is 2.10. The van der Waals surface area contributed by atoms with Gasteiger partial charge in [-0.05, 0) is 25.3 Å². The summed E-state index contributed by atoms with van der Waals surface area (Å²) in [7, 11) is 0. The maximum absolute atomic E-state index is 8.99. The first kappa shape index (κ1) is 14.5. The van der Waals surface area contributed by atoms with Crippen molar-refractivity contribution in [3.63, 3.8) is 0 Å². The fourth-order valence-corrected chi connectivity index (χ4v) is 3.13. The summed E-state index contributed by atoms with van der Waals surface area (Å²) in [5.74, 6) is 5.62. The number of hydrogen-bond acceptors (Lipinski definition) is 4. The smallest absolute Gasteiger partial charge is 0.104 e. The molecule has 0 unspecified atom stereocenters. The molecule has 1 heterocycles. The first-order valence-electron chi connectivity index (χ1n) is 6.85. The lowest BCUT2D eigenvalue weighted by Gasteiger charge is -2.37. The second-order valence-electron chi connectivity index (χ2n) is 4.89. The molecule has 4 heteroatoms. The minimum Gasteiger partial charge on any atom is -0.396 e. The average Bonchev–Trinajstić information content (AvgIpc) is 2.79. The van der Waals surface area contributed by atoms with Crippen molar-refractivity contribution in [1.29, 1.82) is 0 Å². The minimum absolute atomic E-state index is 0.0874. The van der Waals surface area contributed by atoms with Crippen molar-refractivity contribution >= 4 is 11.3 Å². The van der Waals surface area contributed by atoms with Crippen LogP contribution in [0.3, 0.4) is 0 Å². The third-order valence-electron chi connectivity index (χ3n) is 3.52. The van der Waals surface area contributed by atoms with E-state index in [1.807, 2.05) is 5.38 Å². The van der Waals surface area contributed by atoms with Crippen molar-refractivity contribution in [3.05, 3.63) is 21.9 Å². The lowest BCUT2D eigenvalue weighted by Crippen LogP contribution is -2.40. The second-order valence-corrected chi connectivity index (χ2v) is 5.89. The third kappa shape index (κ3) is 4.32. The molecule has 0 aromatic carbocycles. The Morgan fingerprint density at radius 3 is 2.84 bits per heavy atom. The molecule has 19 heavy (non-hydrogen) atoms. The zero-order valence-corrected chi connectivity index (χ0v) is 12.0. The fraction of sp³-hybridized carbons (Fsp3) is 0.600. The van der Waals surface area contributed by atoms with Crippen LogP contribution in [0, 0.1) is 11.8 Å². The summed E-state index contributed by atoms with van der Waals surface area (Å²) < 4.78 is 0. The molecule has 0 saturated heterocycles. The molecule has 1 fully saturated rings. The van der Waals surface area contributed by atoms with E-state index >= 15 is 0 Å². The van der Waals surface area contributed by atoms with Crippen molar-refractivity contribution in [2.75, 3.05) is 19.8 Å². The summed E-state index contributed by atoms with van der Waals surface area (Å²) in [5.41, 5.74) is 0.991. The topological polar surface area (TPSA) is 43.7 Å². The van der Waals surface area contributed by atoms with Gasteiger partial charge < -0.3 is 10.2 Å². The van der Waals surface area contributed by atoms with Crippen molar-refractivity contribution in [3.8, 4) is 11.8 Å². The number of hydrogen-bond donors (Lipinski definition) is 2. The molecule has 104 valence electrons. The summed E-state index contributed by atoms with van der Waals surface area (Å²) in [4.78, 5) is 3.79. The van der Waals surface area contributed by atoms with Crippen LogP contribution in [0.4, 0.5) is 0 Å². The number of aliphatic hydroxyl groups is 2. The molecule has 3 nitrogen and oxygen atoms in total. The Labute approximate surface area is 118 Å². The molecule has 0 atom stereocenters. The lowest BCUT2D eigenvalue weighted by molar-refractivity contribution is 0.110. The Balaban J connectivity index is 1.93. The molecular formula is C15H21NO2S. The van der Waals surface area contributed by atoms with Crippen LogP contribution in [0.1, 0.15) is 36.1 Å². The van der Waals surface area contributed by atoms with Crippen LogP contribution in [-0.2, 0) is 6.54 Å². The zero-order chi connectivity index (χ0) is 13.5. The van der Waals surface area contributed by atoms with E-state index < -0.39 is 0 Å². The van der Waals surface area contributed by atoms with Crippen LogP contribution in [0.25, 0.3) is 0 Å². The van der Waals surface area contributed by atoms with E-state index in [2.05, 4.69) is 22.8 Å². The highest BCUT2D eigenvalue weighted by Crippen LogP contribution is 2.27. The van der Waals surface area contributed by atoms with Crippen LogP contribution in [0.2, 0.25) is 0 Å². The van der Waals surface area contributed by atoms with Crippen LogP contribution >= 0.6 is 11.3 Å². The van der Waals surface area contributed by atoms with Gasteiger partial charge in [-0.15, -0.1) is 11.3 Å². The van der Waals surface area contributed by atoms with E-state index in [1.54, 1.807) is 11.3 Å². The Hall–Kier alpha value is -0.860. The van der Waals surface area contributed by atoms with Gasteiger partial charge >= 0.3 is 0 Å². The van der Waals surface area contributed by atoms with Crippen molar-refractivity contribution in [1.82, 2.24) is 4.90 Å². The standard InChI is InChI=1S/C15H21NO2S/c17-8-2-4-13-10-15(19-12-13)11-16(7-3-9-18)14-5-1-6-14/h10,12,14,17-18H,1,3,5-9,11H2. The molecule has 2 N–H and O–H groups in total. The van der Waals surface area contributed by atoms with Gasteiger partial charge in [0.05, 0.1) is 0 Å². The second kappa shape index (κ2) is 7.66. The van der Waals surface area contributed by atoms with Crippen LogP contribution in [0.15, 0.2) is 11.4 Å². The van der Waals surface area contributed by atoms with Gasteiger partial charge in [-0.2, -0.15) is 0 Å². The van der Waals surface area contributed by atoms with Crippen LogP contribution in [-0.4, -0.2) is 40.9 Å². The van der Waals surface area contributed by atoms with E-state index in [9.17, 15) is 0 Å². The first-order valence-corrected chi connectivity index (χ1v) is 7.73. The maximum atomic E-state index is 8.99. The summed E-state index contributed by atoms with van der Waals surface area (Å²) >= 11 is 1.73. The number of aliphatic hydroxyl groups excluding tert-OH is 2. The van der Waals surface area contributed by atoms with Crippen molar-refractivity contribution < 1.29 is 10.2 Å². The molecule has 2 rings (SSSR count). The molecule has 0 aliphatic heterocycles. The Morgan fingerprint density at radius 2 is 2.21 bits per heavy atom. The lowest BCUT2D eigenvalue weighted by atomic mass is 9.91. The van der Waals surface area contributed by atoms with Crippen molar-refractivity contribution in [2.24, 2.45) is 0 Å². The van der Waals surface area contributed by atoms with E-state index in [1.165, 1.54) is 24.1 Å². The Kier molecular flexibility index (Phi) is 5.87. The molecule has 0 bridgehead atoms. The van der Waals surface area contributed by atoms with Gasteiger partial charge in [-0.3, -0.25) is 4.90 Å². The molecule has 0 radical (unpaired) electrons. The van der Waals surface area contributed by atoms with Crippen LogP contribution in [0.5, 0.6) is 0 Å². The quantitative estimate of drug-likeness (QED) is 0.781.